The largest absolute Gasteiger partial charge is 1.00 e. The van der Waals surface area contributed by atoms with Crippen molar-refractivity contribution in [2.75, 3.05) is 0 Å². The average molecular weight is 236 g/mol. The van der Waals surface area contributed by atoms with E-state index >= 15 is 0 Å². The zero-order valence-corrected chi connectivity index (χ0v) is 11.2. The third-order valence-corrected chi connectivity index (χ3v) is 7.94. The fraction of sp³-hybridized carbons (Fsp3) is 0.250. The molecule has 0 aromatic carbocycles. The molecule has 0 unspecified atom stereocenters. The predicted molar refractivity (Wildman–Crippen MR) is 50.4 cm³/mol. The maximum Gasteiger partial charge on any atom is 1.00 e. The van der Waals surface area contributed by atoms with Crippen LogP contribution >= 0.6 is 41.2 Å². The van der Waals surface area contributed by atoms with Gasteiger partial charge in [0.05, 0.1) is 5.97 Å². The van der Waals surface area contributed by atoms with Crippen LogP contribution in [0.2, 0.25) is 0 Å². The van der Waals surface area contributed by atoms with E-state index in [1.165, 1.54) is 41.2 Å². The van der Waals surface area contributed by atoms with Crippen molar-refractivity contribution in [3.63, 3.8) is 0 Å². The zero-order valence-electron chi connectivity index (χ0n) is 5.94. The third kappa shape index (κ3) is 6.74. The smallest absolute Gasteiger partial charge is 0.548 e. The van der Waals surface area contributed by atoms with Gasteiger partial charge in [-0.3, -0.25) is 0 Å². The van der Waals surface area contributed by atoms with Crippen molar-refractivity contribution in [3.8, 4) is 0 Å². The van der Waals surface area contributed by atoms with Gasteiger partial charge < -0.3 is 9.90 Å². The molecule has 0 aromatic heterocycles. The molecule has 1 heterocycles. The number of hydrogen-bond donors (Lipinski definition) is 0. The van der Waals surface area contributed by atoms with Crippen LogP contribution in [0.25, 0.3) is 0 Å². The first-order valence-electron chi connectivity index (χ1n) is 2.17. The second-order valence-corrected chi connectivity index (χ2v) is 7.30. The van der Waals surface area contributed by atoms with Crippen LogP contribution in [0.15, 0.2) is 13.2 Å². The topological polar surface area (TPSA) is 40.1 Å². The third-order valence-electron chi connectivity index (χ3n) is 0.474. The molecule has 0 N–H and O–H groups in total. The molecule has 1 saturated heterocycles. The van der Waals surface area contributed by atoms with Crippen LogP contribution in [0.3, 0.4) is 0 Å². The predicted octanol–water partition coefficient (Wildman–Crippen LogP) is -1.44. The Hall–Kier alpha value is 1.61. The van der Waals surface area contributed by atoms with E-state index in [0.717, 1.165) is 0 Å². The van der Waals surface area contributed by atoms with E-state index in [-0.39, 0.29) is 34.1 Å². The second-order valence-electron chi connectivity index (χ2n) is 0.979. The number of carboxylic acids is 1. The summed E-state index contributed by atoms with van der Waals surface area (Å²) in [4.78, 5) is 10.0. The van der Waals surface area contributed by atoms with Crippen molar-refractivity contribution in [1.29, 1.82) is 0 Å². The van der Waals surface area contributed by atoms with Gasteiger partial charge in [0, 0.05) is 0 Å². The van der Waals surface area contributed by atoms with Crippen molar-refractivity contribution in [2.24, 2.45) is 0 Å². The molecule has 1 aliphatic rings. The van der Waals surface area contributed by atoms with Gasteiger partial charge in [-0.1, -0.05) is 21.6 Å². The fourth-order valence-corrected chi connectivity index (χ4v) is 8.26. The van der Waals surface area contributed by atoms with Crippen LogP contribution in [0.4, 0.5) is 0 Å². The number of carboxylic acid groups (broad SMARTS) is 1. The molecule has 0 bridgehead atoms. The fourth-order valence-electron chi connectivity index (χ4n) is 0.198. The summed E-state index contributed by atoms with van der Waals surface area (Å²) in [6, 6.07) is 0. The van der Waals surface area contributed by atoms with Gasteiger partial charge in [0.1, 0.15) is 4.58 Å². The Kier molecular flexibility index (Phi) is 13.3. The minimum absolute atomic E-state index is 0. The van der Waals surface area contributed by atoms with Crippen molar-refractivity contribution >= 4 is 47.2 Å². The second kappa shape index (κ2) is 9.70. The number of carbonyl (C=O) groups excluding carboxylic acids is 1. The first-order valence-corrected chi connectivity index (χ1v) is 7.11. The van der Waals surface area contributed by atoms with Crippen LogP contribution in [-0.4, -0.2) is 10.6 Å². The maximum atomic E-state index is 10.0. The van der Waals surface area contributed by atoms with Crippen molar-refractivity contribution in [2.45, 2.75) is 4.58 Å². The summed E-state index contributed by atoms with van der Waals surface area (Å²) in [5, 5.41) is 10.0. The molecule has 0 atom stereocenters. The summed E-state index contributed by atoms with van der Waals surface area (Å²) < 4.78 is -0.370. The molecule has 0 aliphatic carbocycles. The molecule has 0 aromatic rings. The van der Waals surface area contributed by atoms with E-state index in [1.54, 1.807) is 0 Å². The molecule has 2 nitrogen and oxygen atoms in total. The molecule has 0 radical (unpaired) electrons. The average Bonchev–Trinajstić information content (AvgIpc) is 2.42. The van der Waals surface area contributed by atoms with Gasteiger partial charge in [-0.15, -0.1) is 13.2 Å². The summed E-state index contributed by atoms with van der Waals surface area (Å²) in [5.41, 5.74) is 0. The Morgan fingerprint density at radius 3 is 1.82 bits per heavy atom. The molecule has 11 heavy (non-hydrogen) atoms. The van der Waals surface area contributed by atoms with Crippen LogP contribution in [0.5, 0.6) is 0 Å². The normalized spacial score (nSPS) is 16.0. The van der Waals surface area contributed by atoms with E-state index in [9.17, 15) is 9.90 Å². The minimum Gasteiger partial charge on any atom is -0.548 e. The van der Waals surface area contributed by atoms with Crippen molar-refractivity contribution < 1.29 is 39.5 Å². The molecule has 0 saturated carbocycles. The van der Waals surface area contributed by atoms with E-state index in [1.807, 2.05) is 0 Å². The number of rotatable bonds is 1. The number of carbonyl (C=O) groups is 1. The monoisotopic (exact) mass is 236 g/mol. The molecular weight excluding hydrogens is 231 g/mol. The molecule has 58 valence electrons. The Bertz CT molecular complexity index is 117. The van der Waals surface area contributed by atoms with Crippen molar-refractivity contribution in [1.82, 2.24) is 0 Å². The molecular formula is C4H5NaO2S4. The van der Waals surface area contributed by atoms with Gasteiger partial charge in [0.15, 0.2) is 0 Å². The molecule has 0 spiro atoms. The van der Waals surface area contributed by atoms with Gasteiger partial charge >= 0.3 is 29.6 Å². The number of hydrogen-bond acceptors (Lipinski definition) is 6. The Labute approximate surface area is 103 Å². The van der Waals surface area contributed by atoms with Crippen LogP contribution in [0.1, 0.15) is 0 Å². The van der Waals surface area contributed by atoms with E-state index < -0.39 is 5.97 Å². The molecule has 1 rings (SSSR count). The summed E-state index contributed by atoms with van der Waals surface area (Å²) in [6.07, 6.45) is 0. The molecule has 0 amide bonds. The van der Waals surface area contributed by atoms with Crippen LogP contribution < -0.4 is 34.7 Å². The van der Waals surface area contributed by atoms with Gasteiger partial charge in [-0.2, -0.15) is 0 Å². The maximum absolute atomic E-state index is 10.0. The Morgan fingerprint density at radius 1 is 1.27 bits per heavy atom. The van der Waals surface area contributed by atoms with E-state index in [2.05, 4.69) is 13.2 Å². The van der Waals surface area contributed by atoms with Gasteiger partial charge in [0.2, 0.25) is 0 Å². The van der Waals surface area contributed by atoms with Gasteiger partial charge in [-0.05, 0) is 19.7 Å². The summed E-state index contributed by atoms with van der Waals surface area (Å²) in [6.45, 7) is 6.00. The summed E-state index contributed by atoms with van der Waals surface area (Å²) >= 11 is 0. The molecule has 7 heteroatoms. The van der Waals surface area contributed by atoms with Crippen LogP contribution in [0, 0.1) is 0 Å². The standard InChI is InChI=1S/C2H2O2S4.C2H4.Na/c3-1(4)2-5-7-8-6-2;1-2;/h2H,(H,3,4);1-2H2;/q;;+1/p-1. The quantitative estimate of drug-likeness (QED) is 0.315. The Balaban J connectivity index is 0. The summed E-state index contributed by atoms with van der Waals surface area (Å²) in [7, 11) is 5.63. The number of aliphatic carboxylic acids is 1. The Morgan fingerprint density at radius 2 is 1.64 bits per heavy atom. The SMILES string of the molecule is C=C.O=C([O-])C1SSSS1.[Na+]. The summed E-state index contributed by atoms with van der Waals surface area (Å²) in [5.74, 6) is -0.975. The first-order chi connectivity index (χ1) is 4.80. The van der Waals surface area contributed by atoms with E-state index in [0.29, 0.717) is 0 Å². The minimum atomic E-state index is -0.975. The first kappa shape index (κ1) is 15.1. The van der Waals surface area contributed by atoms with Crippen LogP contribution in [-0.2, 0) is 4.79 Å². The van der Waals surface area contributed by atoms with Gasteiger partial charge in [0.25, 0.3) is 0 Å². The zero-order chi connectivity index (χ0) is 7.98. The molecule has 1 fully saturated rings. The molecule has 1 aliphatic heterocycles. The van der Waals surface area contributed by atoms with Crippen molar-refractivity contribution in [3.05, 3.63) is 13.2 Å². The van der Waals surface area contributed by atoms with Gasteiger partial charge in [-0.25, -0.2) is 0 Å². The van der Waals surface area contributed by atoms with E-state index in [4.69, 9.17) is 0 Å².